The second-order valence-corrected chi connectivity index (χ2v) is 12.8. The van der Waals surface area contributed by atoms with Crippen molar-refractivity contribution in [2.75, 3.05) is 26.7 Å². The number of benzene rings is 3. The minimum absolute atomic E-state index is 0.0222. The zero-order chi connectivity index (χ0) is 36.6. The molecule has 51 heavy (non-hydrogen) atoms. The summed E-state index contributed by atoms with van der Waals surface area (Å²) in [6.07, 6.45) is -4.41. The number of rotatable bonds is 11. The van der Waals surface area contributed by atoms with Crippen LogP contribution in [0, 0.1) is 5.82 Å². The largest absolute Gasteiger partial charge is 0.493 e. The van der Waals surface area contributed by atoms with Crippen LogP contribution in [0.4, 0.5) is 22.4 Å². The third-order valence-corrected chi connectivity index (χ3v) is 8.88. The number of nitrogens with one attached hydrogen (secondary N) is 1. The molecule has 4 aromatic rings. The molecular weight excluding hydrogens is 698 g/mol. The van der Waals surface area contributed by atoms with E-state index in [2.05, 4.69) is 10.3 Å². The van der Waals surface area contributed by atoms with Crippen molar-refractivity contribution in [3.63, 3.8) is 0 Å². The number of methoxy groups -OCH3 is 1. The summed E-state index contributed by atoms with van der Waals surface area (Å²) in [4.78, 5) is 31.0. The molecule has 3 N–H and O–H groups in total. The highest BCUT2D eigenvalue weighted by molar-refractivity contribution is 6.31. The molecule has 1 unspecified atom stereocenters. The predicted molar refractivity (Wildman–Crippen MR) is 176 cm³/mol. The molecule has 0 bridgehead atoms. The summed E-state index contributed by atoms with van der Waals surface area (Å²) < 4.78 is 74.8. The van der Waals surface area contributed by atoms with Gasteiger partial charge in [0, 0.05) is 11.1 Å². The maximum Gasteiger partial charge on any atom is 0.424 e. The lowest BCUT2D eigenvalue weighted by Gasteiger charge is -2.46. The molecular formula is C36H32ClF4N3O7. The first kappa shape index (κ1) is 35.9. The topological polar surface area (TPSA) is 130 Å². The van der Waals surface area contributed by atoms with Crippen LogP contribution in [0.1, 0.15) is 40.0 Å². The number of β-amino-alcohol motifs (C(OH)–C–C–N with tert-alkyl or cyclic N) is 1. The number of carbonyl (C=O) groups excluding carboxylic acids is 2. The monoisotopic (exact) mass is 729 g/mol. The van der Waals surface area contributed by atoms with Crippen molar-refractivity contribution in [2.24, 2.45) is 0 Å². The van der Waals surface area contributed by atoms with E-state index in [4.69, 9.17) is 25.8 Å². The highest BCUT2D eigenvalue weighted by Gasteiger charge is 2.57. The van der Waals surface area contributed by atoms with E-state index in [1.807, 2.05) is 0 Å². The van der Waals surface area contributed by atoms with Gasteiger partial charge >= 0.3 is 12.3 Å². The van der Waals surface area contributed by atoms with Crippen LogP contribution in [0.5, 0.6) is 11.5 Å². The molecule has 2 amide bonds. The van der Waals surface area contributed by atoms with Crippen molar-refractivity contribution in [1.82, 2.24) is 15.2 Å². The number of hydrogen-bond acceptors (Lipinski definition) is 8. The van der Waals surface area contributed by atoms with Gasteiger partial charge in [-0.2, -0.15) is 13.2 Å². The Bertz CT molecular complexity index is 1940. The molecule has 0 spiro atoms. The second kappa shape index (κ2) is 14.0. The number of pyridine rings is 1. The summed E-state index contributed by atoms with van der Waals surface area (Å²) in [6, 6.07) is 18.4. The molecule has 0 radical (unpaired) electrons. The lowest BCUT2D eigenvalue weighted by Crippen LogP contribution is -2.61. The highest BCUT2D eigenvalue weighted by Crippen LogP contribution is 2.42. The number of aromatic nitrogens is 1. The average molecular weight is 730 g/mol. The van der Waals surface area contributed by atoms with E-state index in [9.17, 15) is 37.4 Å². The molecule has 268 valence electrons. The van der Waals surface area contributed by atoms with Crippen molar-refractivity contribution in [2.45, 2.75) is 42.9 Å². The Morgan fingerprint density at radius 2 is 1.75 bits per heavy atom. The molecule has 1 aromatic heterocycles. The Balaban J connectivity index is 1.28. The Morgan fingerprint density at radius 1 is 1.02 bits per heavy atom. The van der Waals surface area contributed by atoms with Crippen LogP contribution >= 0.6 is 11.6 Å². The molecule has 1 atom stereocenters. The SMILES string of the molecule is COc1cc(C(=O)NCC(O)(c2cc(C3(O)CN(C(=O)OCc4ccccc4)C3)cc(-c3ccc(F)c(Cl)c3)n2)C(F)(F)F)ccc1OC1CC1. The van der Waals surface area contributed by atoms with E-state index >= 15 is 0 Å². The Morgan fingerprint density at radius 3 is 2.39 bits per heavy atom. The fraction of sp³-hybridized carbons (Fsp3) is 0.306. The molecule has 1 aliphatic carbocycles. The van der Waals surface area contributed by atoms with E-state index in [1.165, 1.54) is 37.4 Å². The van der Waals surface area contributed by atoms with Gasteiger partial charge in [0.1, 0.15) is 18.0 Å². The smallest absolute Gasteiger partial charge is 0.424 e. The van der Waals surface area contributed by atoms with Crippen LogP contribution in [0.25, 0.3) is 11.3 Å². The number of carbonyl (C=O) groups is 2. The van der Waals surface area contributed by atoms with Crippen LogP contribution < -0.4 is 14.8 Å². The molecule has 6 rings (SSSR count). The molecule has 1 aliphatic heterocycles. The minimum atomic E-state index is -5.40. The van der Waals surface area contributed by atoms with E-state index in [-0.39, 0.29) is 59.0 Å². The molecule has 2 heterocycles. The van der Waals surface area contributed by atoms with Gasteiger partial charge in [-0.05, 0) is 72.5 Å². The molecule has 2 aliphatic rings. The van der Waals surface area contributed by atoms with Crippen LogP contribution in [-0.4, -0.2) is 71.1 Å². The van der Waals surface area contributed by atoms with Gasteiger partial charge in [0.15, 0.2) is 11.5 Å². The van der Waals surface area contributed by atoms with Gasteiger partial charge in [-0.15, -0.1) is 0 Å². The van der Waals surface area contributed by atoms with Gasteiger partial charge in [-0.25, -0.2) is 14.2 Å². The fourth-order valence-corrected chi connectivity index (χ4v) is 5.62. The summed E-state index contributed by atoms with van der Waals surface area (Å²) in [7, 11) is 1.35. The van der Waals surface area contributed by atoms with Gasteiger partial charge < -0.3 is 34.6 Å². The third-order valence-electron chi connectivity index (χ3n) is 8.59. The van der Waals surface area contributed by atoms with Crippen molar-refractivity contribution in [3.8, 4) is 22.8 Å². The van der Waals surface area contributed by atoms with Gasteiger partial charge in [0.2, 0.25) is 5.60 Å². The number of hydrogen-bond donors (Lipinski definition) is 3. The number of halogens is 5. The van der Waals surface area contributed by atoms with Gasteiger partial charge in [0.25, 0.3) is 5.91 Å². The number of nitrogens with zero attached hydrogens (tertiary/aromatic N) is 2. The van der Waals surface area contributed by atoms with Gasteiger partial charge in [-0.1, -0.05) is 41.9 Å². The van der Waals surface area contributed by atoms with Gasteiger partial charge in [0.05, 0.1) is 49.3 Å². The first-order valence-electron chi connectivity index (χ1n) is 15.8. The fourth-order valence-electron chi connectivity index (χ4n) is 5.44. The summed E-state index contributed by atoms with van der Waals surface area (Å²) in [5.74, 6) is -1.19. The maximum atomic E-state index is 14.8. The summed E-state index contributed by atoms with van der Waals surface area (Å²) in [5.41, 5.74) is -6.27. The number of ether oxygens (including phenoxy) is 3. The zero-order valence-corrected chi connectivity index (χ0v) is 27.8. The Kier molecular flexibility index (Phi) is 9.86. The summed E-state index contributed by atoms with van der Waals surface area (Å²) >= 11 is 5.96. The van der Waals surface area contributed by atoms with E-state index < -0.39 is 47.4 Å². The number of aliphatic hydroxyl groups is 2. The number of likely N-dealkylation sites (tertiary alicyclic amines) is 1. The zero-order valence-electron chi connectivity index (χ0n) is 27.0. The quantitative estimate of drug-likeness (QED) is 0.158. The van der Waals surface area contributed by atoms with Crippen LogP contribution in [-0.2, 0) is 22.5 Å². The van der Waals surface area contributed by atoms with E-state index in [0.29, 0.717) is 5.75 Å². The van der Waals surface area contributed by atoms with Crippen LogP contribution in [0.3, 0.4) is 0 Å². The van der Waals surface area contributed by atoms with Crippen LogP contribution in [0.2, 0.25) is 5.02 Å². The van der Waals surface area contributed by atoms with E-state index in [0.717, 1.165) is 41.5 Å². The summed E-state index contributed by atoms with van der Waals surface area (Å²) in [5, 5.41) is 24.6. The number of alkyl halides is 3. The molecule has 1 saturated heterocycles. The third kappa shape index (κ3) is 7.72. The van der Waals surface area contributed by atoms with Crippen molar-refractivity contribution < 1.29 is 51.6 Å². The van der Waals surface area contributed by atoms with Crippen LogP contribution in [0.15, 0.2) is 78.9 Å². The lowest BCUT2D eigenvalue weighted by molar-refractivity contribution is -0.265. The second-order valence-electron chi connectivity index (χ2n) is 12.4. The first-order valence-corrected chi connectivity index (χ1v) is 16.2. The Hall–Kier alpha value is -4.92. The summed E-state index contributed by atoms with van der Waals surface area (Å²) in [6.45, 7) is -2.15. The van der Waals surface area contributed by atoms with Crippen molar-refractivity contribution >= 4 is 23.6 Å². The number of amides is 2. The predicted octanol–water partition coefficient (Wildman–Crippen LogP) is 6.11. The van der Waals surface area contributed by atoms with Crippen molar-refractivity contribution in [1.29, 1.82) is 0 Å². The first-order chi connectivity index (χ1) is 24.2. The molecule has 3 aromatic carbocycles. The van der Waals surface area contributed by atoms with Gasteiger partial charge in [-0.3, -0.25) is 4.79 Å². The standard InChI is InChI=1S/C36H32ClF4N3O7/c1-49-30-14-23(8-12-29(30)51-25-9-10-25)32(45)42-18-35(48,36(39,40)41)31-16-24(15-28(43-31)22-7-11-27(38)26(37)13-22)34(47)19-44(20-34)33(46)50-17-21-5-3-2-4-6-21/h2-8,11-16,25,47-48H,9-10,17-20H2,1H3,(H,42,45). The molecule has 1 saturated carbocycles. The molecule has 10 nitrogen and oxygen atoms in total. The highest BCUT2D eigenvalue weighted by atomic mass is 35.5. The molecule has 2 fully saturated rings. The normalized spacial score (nSPS) is 16.4. The van der Waals surface area contributed by atoms with E-state index in [1.54, 1.807) is 30.3 Å². The molecule has 15 heteroatoms. The maximum absolute atomic E-state index is 14.8. The Labute approximate surface area is 294 Å². The average Bonchev–Trinajstić information content (AvgIpc) is 3.93. The van der Waals surface area contributed by atoms with Crippen molar-refractivity contribution in [3.05, 3.63) is 112 Å². The minimum Gasteiger partial charge on any atom is -0.493 e. The lowest BCUT2D eigenvalue weighted by atomic mass is 9.84.